The lowest BCUT2D eigenvalue weighted by Gasteiger charge is -2.06. The van der Waals surface area contributed by atoms with Crippen LogP contribution in [0.3, 0.4) is 0 Å². The Labute approximate surface area is 201 Å². The van der Waals surface area contributed by atoms with Crippen molar-refractivity contribution in [3.8, 4) is 23.3 Å². The molecule has 0 atom stereocenters. The molecule has 0 amide bonds. The Bertz CT molecular complexity index is 901. The molecule has 0 aliphatic rings. The van der Waals surface area contributed by atoms with Crippen LogP contribution in [0.2, 0.25) is 0 Å². The SMILES string of the molecule is C=CC(=O)OCCCCOc1ccc(C#Cc2ccc(OCCCCOC(=O)C=C)cc2)cc1. The van der Waals surface area contributed by atoms with Crippen LogP contribution in [0.25, 0.3) is 0 Å². The molecule has 0 fully saturated rings. The summed E-state index contributed by atoms with van der Waals surface area (Å²) in [6.07, 6.45) is 5.36. The number of benzene rings is 2. The van der Waals surface area contributed by atoms with E-state index in [-0.39, 0.29) is 0 Å². The van der Waals surface area contributed by atoms with E-state index < -0.39 is 11.9 Å². The molecule has 0 spiro atoms. The van der Waals surface area contributed by atoms with E-state index in [9.17, 15) is 9.59 Å². The minimum absolute atomic E-state index is 0.366. The van der Waals surface area contributed by atoms with E-state index in [0.717, 1.165) is 60.5 Å². The number of hydrogen-bond acceptors (Lipinski definition) is 6. The maximum absolute atomic E-state index is 10.9. The summed E-state index contributed by atoms with van der Waals surface area (Å²) in [6, 6.07) is 15.2. The van der Waals surface area contributed by atoms with Gasteiger partial charge in [-0.05, 0) is 74.2 Å². The summed E-state index contributed by atoms with van der Waals surface area (Å²) in [7, 11) is 0. The fraction of sp³-hybridized carbons (Fsp3) is 0.286. The van der Waals surface area contributed by atoms with E-state index in [2.05, 4.69) is 25.0 Å². The first kappa shape index (κ1) is 26.3. The first-order chi connectivity index (χ1) is 16.6. The molecule has 0 saturated heterocycles. The topological polar surface area (TPSA) is 71.1 Å². The molecule has 6 heteroatoms. The van der Waals surface area contributed by atoms with Gasteiger partial charge in [0.2, 0.25) is 0 Å². The number of rotatable bonds is 14. The number of esters is 2. The van der Waals surface area contributed by atoms with Gasteiger partial charge < -0.3 is 18.9 Å². The van der Waals surface area contributed by atoms with Crippen molar-refractivity contribution in [1.29, 1.82) is 0 Å². The standard InChI is InChI=1S/C28H30O6/c1-3-27(29)33-21-7-5-19-31-25-15-11-23(12-16-25)9-10-24-13-17-26(18-14-24)32-20-6-8-22-34-28(30)4-2/h3-4,11-18H,1-2,5-8,19-22H2. The van der Waals surface area contributed by atoms with E-state index in [1.54, 1.807) is 0 Å². The quantitative estimate of drug-likeness (QED) is 0.173. The second-order valence-corrected chi connectivity index (χ2v) is 7.15. The highest BCUT2D eigenvalue weighted by molar-refractivity contribution is 5.81. The van der Waals surface area contributed by atoms with Gasteiger partial charge in [-0.1, -0.05) is 25.0 Å². The van der Waals surface area contributed by atoms with Crippen molar-refractivity contribution in [2.75, 3.05) is 26.4 Å². The van der Waals surface area contributed by atoms with E-state index in [0.29, 0.717) is 26.4 Å². The molecular weight excluding hydrogens is 432 g/mol. The highest BCUT2D eigenvalue weighted by Crippen LogP contribution is 2.14. The number of carbonyl (C=O) groups excluding carboxylic acids is 2. The molecule has 34 heavy (non-hydrogen) atoms. The Hall–Kier alpha value is -3.98. The summed E-state index contributed by atoms with van der Waals surface area (Å²) in [5, 5.41) is 0. The highest BCUT2D eigenvalue weighted by atomic mass is 16.5. The molecule has 0 aliphatic heterocycles. The second-order valence-electron chi connectivity index (χ2n) is 7.15. The lowest BCUT2D eigenvalue weighted by Crippen LogP contribution is -2.04. The van der Waals surface area contributed by atoms with Crippen LogP contribution in [-0.4, -0.2) is 38.4 Å². The Kier molecular flexibility index (Phi) is 12.2. The van der Waals surface area contributed by atoms with Crippen molar-refractivity contribution in [2.24, 2.45) is 0 Å². The molecule has 0 unspecified atom stereocenters. The molecular formula is C28H30O6. The van der Waals surface area contributed by atoms with Gasteiger partial charge >= 0.3 is 11.9 Å². The Balaban J connectivity index is 1.67. The van der Waals surface area contributed by atoms with Crippen LogP contribution < -0.4 is 9.47 Å². The zero-order chi connectivity index (χ0) is 24.4. The van der Waals surface area contributed by atoms with Gasteiger partial charge in [0, 0.05) is 23.3 Å². The lowest BCUT2D eigenvalue weighted by atomic mass is 10.2. The number of carbonyl (C=O) groups is 2. The normalized spacial score (nSPS) is 9.76. The molecule has 0 aromatic heterocycles. The molecule has 2 aromatic rings. The second kappa shape index (κ2) is 15.8. The van der Waals surface area contributed by atoms with Gasteiger partial charge in [0.1, 0.15) is 11.5 Å². The predicted molar refractivity (Wildman–Crippen MR) is 131 cm³/mol. The van der Waals surface area contributed by atoms with Gasteiger partial charge in [-0.25, -0.2) is 9.59 Å². The number of ether oxygens (including phenoxy) is 4. The van der Waals surface area contributed by atoms with Crippen LogP contribution in [-0.2, 0) is 19.1 Å². The van der Waals surface area contributed by atoms with Crippen LogP contribution in [0.5, 0.6) is 11.5 Å². The Morgan fingerprint density at radius 1 is 0.618 bits per heavy atom. The fourth-order valence-electron chi connectivity index (χ4n) is 2.66. The minimum Gasteiger partial charge on any atom is -0.494 e. The smallest absolute Gasteiger partial charge is 0.330 e. The maximum atomic E-state index is 10.9. The third-order valence-corrected chi connectivity index (χ3v) is 4.50. The Morgan fingerprint density at radius 2 is 0.971 bits per heavy atom. The average molecular weight is 463 g/mol. The van der Waals surface area contributed by atoms with Crippen molar-refractivity contribution in [3.63, 3.8) is 0 Å². The first-order valence-corrected chi connectivity index (χ1v) is 11.2. The molecule has 6 nitrogen and oxygen atoms in total. The zero-order valence-corrected chi connectivity index (χ0v) is 19.3. The molecule has 178 valence electrons. The van der Waals surface area contributed by atoms with Crippen molar-refractivity contribution in [3.05, 3.63) is 85.0 Å². The summed E-state index contributed by atoms with van der Waals surface area (Å²) in [5.74, 6) is 7.01. The largest absolute Gasteiger partial charge is 0.494 e. The summed E-state index contributed by atoms with van der Waals surface area (Å²) in [5.41, 5.74) is 1.78. The van der Waals surface area contributed by atoms with Gasteiger partial charge in [0.25, 0.3) is 0 Å². The summed E-state index contributed by atoms with van der Waals surface area (Å²) in [4.78, 5) is 21.9. The van der Waals surface area contributed by atoms with E-state index in [1.165, 1.54) is 0 Å². The third kappa shape index (κ3) is 11.1. The van der Waals surface area contributed by atoms with Gasteiger partial charge in [-0.3, -0.25) is 0 Å². The van der Waals surface area contributed by atoms with Crippen LogP contribution in [0, 0.1) is 11.8 Å². The molecule has 0 radical (unpaired) electrons. The van der Waals surface area contributed by atoms with Crippen LogP contribution in [0.15, 0.2) is 73.8 Å². The minimum atomic E-state index is -0.403. The molecule has 2 rings (SSSR count). The summed E-state index contributed by atoms with van der Waals surface area (Å²) < 4.78 is 21.2. The van der Waals surface area contributed by atoms with Gasteiger partial charge in [-0.15, -0.1) is 0 Å². The average Bonchev–Trinajstić information content (AvgIpc) is 2.87. The van der Waals surface area contributed by atoms with Gasteiger partial charge in [-0.2, -0.15) is 0 Å². The molecule has 0 heterocycles. The van der Waals surface area contributed by atoms with Gasteiger partial charge in [0.15, 0.2) is 0 Å². The monoisotopic (exact) mass is 462 g/mol. The first-order valence-electron chi connectivity index (χ1n) is 11.2. The van der Waals surface area contributed by atoms with E-state index in [1.807, 2.05) is 48.5 Å². The molecule has 0 aliphatic carbocycles. The van der Waals surface area contributed by atoms with Gasteiger partial charge in [0.05, 0.1) is 26.4 Å². The molecule has 2 aromatic carbocycles. The van der Waals surface area contributed by atoms with Crippen LogP contribution >= 0.6 is 0 Å². The summed E-state index contributed by atoms with van der Waals surface area (Å²) >= 11 is 0. The fourth-order valence-corrected chi connectivity index (χ4v) is 2.66. The van der Waals surface area contributed by atoms with Crippen molar-refractivity contribution >= 4 is 11.9 Å². The van der Waals surface area contributed by atoms with Crippen molar-refractivity contribution < 1.29 is 28.5 Å². The predicted octanol–water partition coefficient (Wildman–Crippen LogP) is 4.86. The highest BCUT2D eigenvalue weighted by Gasteiger charge is 1.99. The molecule has 0 N–H and O–H groups in total. The van der Waals surface area contributed by atoms with Crippen LogP contribution in [0.4, 0.5) is 0 Å². The van der Waals surface area contributed by atoms with Crippen molar-refractivity contribution in [1.82, 2.24) is 0 Å². The number of hydrogen-bond donors (Lipinski definition) is 0. The maximum Gasteiger partial charge on any atom is 0.330 e. The zero-order valence-electron chi connectivity index (χ0n) is 19.3. The van der Waals surface area contributed by atoms with Crippen LogP contribution in [0.1, 0.15) is 36.8 Å². The molecule has 0 bridgehead atoms. The Morgan fingerprint density at radius 3 is 1.32 bits per heavy atom. The summed E-state index contributed by atoms with van der Waals surface area (Å²) in [6.45, 7) is 8.54. The van der Waals surface area contributed by atoms with E-state index >= 15 is 0 Å². The third-order valence-electron chi connectivity index (χ3n) is 4.50. The molecule has 0 saturated carbocycles. The van der Waals surface area contributed by atoms with Crippen molar-refractivity contribution in [2.45, 2.75) is 25.7 Å². The lowest BCUT2D eigenvalue weighted by molar-refractivity contribution is -0.138. The number of unbranched alkanes of at least 4 members (excludes halogenated alkanes) is 2. The van der Waals surface area contributed by atoms with E-state index in [4.69, 9.17) is 18.9 Å².